The molecule has 8 heteroatoms. The van der Waals surface area contributed by atoms with Gasteiger partial charge in [-0.2, -0.15) is 13.2 Å². The van der Waals surface area contributed by atoms with E-state index in [0.29, 0.717) is 0 Å². The van der Waals surface area contributed by atoms with Gasteiger partial charge in [-0.25, -0.2) is 4.98 Å². The van der Waals surface area contributed by atoms with E-state index < -0.39 is 18.7 Å². The molecule has 0 aliphatic carbocycles. The zero-order valence-corrected chi connectivity index (χ0v) is 12.5. The first-order valence-corrected chi connectivity index (χ1v) is 4.60. The second kappa shape index (κ2) is 5.70. The van der Waals surface area contributed by atoms with Crippen molar-refractivity contribution in [1.29, 1.82) is 0 Å². The molecule has 4 nitrogen and oxygen atoms in total. The summed E-state index contributed by atoms with van der Waals surface area (Å²) >= 11 is 0. The molecule has 0 atom stereocenters. The Morgan fingerprint density at radius 1 is 1.39 bits per heavy atom. The number of carboxylic acid groups (broad SMARTS) is 1. The number of rotatable bonds is 2. The minimum Gasteiger partial charge on any atom is -0.545 e. The fraction of sp³-hybridized carbons (Fsp3) is 0.200. The van der Waals surface area contributed by atoms with Crippen LogP contribution in [0.2, 0.25) is 0 Å². The molecule has 0 amide bonds. The number of nitrogens with zero attached hydrogens (tertiary/aromatic N) is 2. The molecule has 2 heterocycles. The average Bonchev–Trinajstić information content (AvgIpc) is 2.59. The third-order valence-corrected chi connectivity index (χ3v) is 2.23. The maximum atomic E-state index is 12.2. The molecule has 90 valence electrons. The Balaban J connectivity index is 0.00000162. The van der Waals surface area contributed by atoms with Crippen molar-refractivity contribution in [3.05, 3.63) is 30.1 Å². The average molecular weight is 282 g/mol. The normalized spacial score (nSPS) is 11.3. The molecule has 2 aromatic rings. The molecule has 0 aromatic carbocycles. The summed E-state index contributed by atoms with van der Waals surface area (Å²) < 4.78 is 37.5. The number of alkyl halides is 3. The van der Waals surface area contributed by atoms with Crippen molar-refractivity contribution in [2.45, 2.75) is 12.7 Å². The van der Waals surface area contributed by atoms with Crippen molar-refractivity contribution < 1.29 is 74.5 Å². The molecule has 0 fully saturated rings. The Hall–Kier alpha value is -0.414. The van der Waals surface area contributed by atoms with Crippen LogP contribution in [0.5, 0.6) is 0 Å². The van der Waals surface area contributed by atoms with E-state index in [0.717, 1.165) is 17.0 Å². The fourth-order valence-corrected chi connectivity index (χ4v) is 1.59. The van der Waals surface area contributed by atoms with Crippen LogP contribution >= 0.6 is 0 Å². The van der Waals surface area contributed by atoms with E-state index in [2.05, 4.69) is 4.98 Å². The predicted octanol–water partition coefficient (Wildman–Crippen LogP) is -2.03. The molecule has 0 bridgehead atoms. The molecular formula is C10H6F3KN2O2. The Kier molecular flexibility index (Phi) is 4.95. The van der Waals surface area contributed by atoms with Crippen LogP contribution in [-0.4, -0.2) is 21.7 Å². The van der Waals surface area contributed by atoms with Gasteiger partial charge in [-0.05, 0) is 12.1 Å². The van der Waals surface area contributed by atoms with E-state index in [-0.39, 0.29) is 68.0 Å². The second-order valence-corrected chi connectivity index (χ2v) is 3.44. The van der Waals surface area contributed by atoms with Crippen molar-refractivity contribution >= 4 is 17.0 Å². The number of fused-ring (bicyclic) bond motifs is 1. The SMILES string of the molecule is O=C([O-])c1ccnc2c1ccn2CC(F)(F)F.[K+]. The molecule has 0 saturated heterocycles. The smallest absolute Gasteiger partial charge is 0.545 e. The van der Waals surface area contributed by atoms with E-state index in [1.54, 1.807) is 0 Å². The summed E-state index contributed by atoms with van der Waals surface area (Å²) in [5.74, 6) is -1.44. The fourth-order valence-electron chi connectivity index (χ4n) is 1.59. The van der Waals surface area contributed by atoms with E-state index in [1.807, 2.05) is 0 Å². The summed E-state index contributed by atoms with van der Waals surface area (Å²) in [5.41, 5.74) is -0.194. The minimum absolute atomic E-state index is 0. The maximum Gasteiger partial charge on any atom is 1.00 e. The summed E-state index contributed by atoms with van der Waals surface area (Å²) in [7, 11) is 0. The first-order chi connectivity index (χ1) is 7.88. The van der Waals surface area contributed by atoms with Crippen molar-refractivity contribution in [2.75, 3.05) is 0 Å². The molecule has 0 unspecified atom stereocenters. The molecule has 2 aromatic heterocycles. The van der Waals surface area contributed by atoms with Crippen molar-refractivity contribution in [1.82, 2.24) is 9.55 Å². The van der Waals surface area contributed by atoms with Gasteiger partial charge in [-0.15, -0.1) is 0 Å². The van der Waals surface area contributed by atoms with Gasteiger partial charge in [0, 0.05) is 23.3 Å². The summed E-state index contributed by atoms with van der Waals surface area (Å²) in [6.07, 6.45) is -2.09. The monoisotopic (exact) mass is 282 g/mol. The van der Waals surface area contributed by atoms with Gasteiger partial charge in [0.2, 0.25) is 0 Å². The van der Waals surface area contributed by atoms with Gasteiger partial charge in [0.1, 0.15) is 12.2 Å². The van der Waals surface area contributed by atoms with E-state index in [4.69, 9.17) is 0 Å². The van der Waals surface area contributed by atoms with Gasteiger partial charge in [0.15, 0.2) is 0 Å². The number of carbonyl (C=O) groups excluding carboxylic acids is 1. The topological polar surface area (TPSA) is 57.9 Å². The van der Waals surface area contributed by atoms with Crippen LogP contribution in [0.15, 0.2) is 24.5 Å². The van der Waals surface area contributed by atoms with Gasteiger partial charge in [0.25, 0.3) is 0 Å². The molecule has 0 saturated carbocycles. The predicted molar refractivity (Wildman–Crippen MR) is 50.1 cm³/mol. The first-order valence-electron chi connectivity index (χ1n) is 4.60. The summed E-state index contributed by atoms with van der Waals surface area (Å²) in [6, 6.07) is 2.47. The number of hydrogen-bond acceptors (Lipinski definition) is 3. The van der Waals surface area contributed by atoms with Gasteiger partial charge < -0.3 is 14.5 Å². The summed E-state index contributed by atoms with van der Waals surface area (Å²) in [5, 5.41) is 10.9. The Bertz CT molecular complexity index is 580. The number of aromatic nitrogens is 2. The number of carbonyl (C=O) groups is 1. The van der Waals surface area contributed by atoms with Crippen LogP contribution in [-0.2, 0) is 6.54 Å². The Morgan fingerprint density at radius 2 is 2.06 bits per heavy atom. The molecule has 0 spiro atoms. The number of hydrogen-bond donors (Lipinski definition) is 0. The quantitative estimate of drug-likeness (QED) is 0.597. The summed E-state index contributed by atoms with van der Waals surface area (Å²) in [6.45, 7) is -1.21. The number of pyridine rings is 1. The molecule has 0 aliphatic heterocycles. The van der Waals surface area contributed by atoms with Crippen LogP contribution in [0, 0.1) is 0 Å². The minimum atomic E-state index is -4.38. The second-order valence-electron chi connectivity index (χ2n) is 3.44. The Morgan fingerprint density at radius 3 is 2.61 bits per heavy atom. The zero-order chi connectivity index (χ0) is 12.6. The van der Waals surface area contributed by atoms with E-state index >= 15 is 0 Å². The molecule has 18 heavy (non-hydrogen) atoms. The van der Waals surface area contributed by atoms with Crippen LogP contribution in [0.25, 0.3) is 11.0 Å². The van der Waals surface area contributed by atoms with Gasteiger partial charge in [0.05, 0.1) is 5.97 Å². The molecular weight excluding hydrogens is 276 g/mol. The molecule has 2 rings (SSSR count). The van der Waals surface area contributed by atoms with Crippen LogP contribution < -0.4 is 56.5 Å². The largest absolute Gasteiger partial charge is 1.00 e. The van der Waals surface area contributed by atoms with Gasteiger partial charge >= 0.3 is 57.6 Å². The van der Waals surface area contributed by atoms with Crippen molar-refractivity contribution in [3.63, 3.8) is 0 Å². The van der Waals surface area contributed by atoms with E-state index in [9.17, 15) is 23.1 Å². The van der Waals surface area contributed by atoms with Gasteiger partial charge in [-0.3, -0.25) is 0 Å². The first kappa shape index (κ1) is 15.6. The van der Waals surface area contributed by atoms with Crippen molar-refractivity contribution in [3.8, 4) is 0 Å². The maximum absolute atomic E-state index is 12.2. The zero-order valence-electron chi connectivity index (χ0n) is 9.36. The van der Waals surface area contributed by atoms with E-state index in [1.165, 1.54) is 12.1 Å². The number of carboxylic acids is 1. The third-order valence-electron chi connectivity index (χ3n) is 2.23. The number of aromatic carboxylic acids is 1. The van der Waals surface area contributed by atoms with Crippen LogP contribution in [0.3, 0.4) is 0 Å². The molecule has 0 radical (unpaired) electrons. The van der Waals surface area contributed by atoms with Crippen molar-refractivity contribution in [2.24, 2.45) is 0 Å². The standard InChI is InChI=1S/C10H7F3N2O2.K/c11-10(12,13)5-15-4-2-6-7(9(16)17)1-3-14-8(6)15;/h1-4H,5H2,(H,16,17);/q;+1/p-1. The van der Waals surface area contributed by atoms with Crippen LogP contribution in [0.1, 0.15) is 10.4 Å². The molecule has 0 N–H and O–H groups in total. The summed E-state index contributed by atoms with van der Waals surface area (Å²) in [4.78, 5) is 14.5. The number of halogens is 3. The van der Waals surface area contributed by atoms with Gasteiger partial charge in [-0.1, -0.05) is 0 Å². The molecule has 0 aliphatic rings. The third kappa shape index (κ3) is 3.32. The Labute approximate surface area is 142 Å². The van der Waals surface area contributed by atoms with Crippen LogP contribution in [0.4, 0.5) is 13.2 Å².